The lowest BCUT2D eigenvalue weighted by atomic mass is 9.97. The summed E-state index contributed by atoms with van der Waals surface area (Å²) < 4.78 is 27.0. The Kier molecular flexibility index (Phi) is 3.54. The summed E-state index contributed by atoms with van der Waals surface area (Å²) in [5.41, 5.74) is 0. The Bertz CT molecular complexity index is 185. The zero-order valence-corrected chi connectivity index (χ0v) is 9.69. The lowest BCUT2D eigenvalue weighted by molar-refractivity contribution is -0.0707. The molecule has 0 aliphatic heterocycles. The summed E-state index contributed by atoms with van der Waals surface area (Å²) >= 11 is 0. The van der Waals surface area contributed by atoms with Crippen LogP contribution in [0.2, 0.25) is 0 Å². The SMILES string of the molecule is CC(C)CCC1CC1C(F)(F)C(C)C. The van der Waals surface area contributed by atoms with Crippen LogP contribution in [0.15, 0.2) is 0 Å². The second-order valence-electron chi connectivity index (χ2n) is 5.40. The number of hydrogen-bond acceptors (Lipinski definition) is 0. The zero-order chi connectivity index (χ0) is 10.9. The lowest BCUT2D eigenvalue weighted by Gasteiger charge is -2.20. The molecule has 14 heavy (non-hydrogen) atoms. The van der Waals surface area contributed by atoms with Crippen molar-refractivity contribution in [2.24, 2.45) is 23.7 Å². The Labute approximate surface area is 86.1 Å². The minimum Gasteiger partial charge on any atom is -0.206 e. The van der Waals surface area contributed by atoms with Gasteiger partial charge in [0.15, 0.2) is 0 Å². The molecule has 84 valence electrons. The highest BCUT2D eigenvalue weighted by Gasteiger charge is 2.55. The van der Waals surface area contributed by atoms with Crippen LogP contribution >= 0.6 is 0 Å². The van der Waals surface area contributed by atoms with Gasteiger partial charge < -0.3 is 0 Å². The molecule has 0 aromatic heterocycles. The van der Waals surface area contributed by atoms with E-state index in [0.29, 0.717) is 11.8 Å². The first-order chi connectivity index (χ1) is 6.35. The molecule has 1 saturated carbocycles. The van der Waals surface area contributed by atoms with Crippen LogP contribution in [0.5, 0.6) is 0 Å². The summed E-state index contributed by atoms with van der Waals surface area (Å²) in [5, 5.41) is 0. The van der Waals surface area contributed by atoms with Crippen LogP contribution in [0.3, 0.4) is 0 Å². The van der Waals surface area contributed by atoms with Crippen LogP contribution in [0.25, 0.3) is 0 Å². The minimum absolute atomic E-state index is 0.301. The van der Waals surface area contributed by atoms with Gasteiger partial charge in [-0.1, -0.05) is 34.1 Å². The molecule has 1 rings (SSSR count). The molecule has 0 radical (unpaired) electrons. The Balaban J connectivity index is 2.31. The molecule has 0 bridgehead atoms. The van der Waals surface area contributed by atoms with E-state index in [2.05, 4.69) is 13.8 Å². The van der Waals surface area contributed by atoms with E-state index in [1.54, 1.807) is 13.8 Å². The van der Waals surface area contributed by atoms with Crippen LogP contribution in [-0.4, -0.2) is 5.92 Å². The van der Waals surface area contributed by atoms with E-state index in [1.165, 1.54) is 0 Å². The van der Waals surface area contributed by atoms with Gasteiger partial charge in [-0.3, -0.25) is 0 Å². The first kappa shape index (κ1) is 11.9. The van der Waals surface area contributed by atoms with Gasteiger partial charge in [-0.2, -0.15) is 0 Å². The van der Waals surface area contributed by atoms with Crippen LogP contribution in [0.1, 0.15) is 47.0 Å². The normalized spacial score (nSPS) is 27.4. The summed E-state index contributed by atoms with van der Waals surface area (Å²) in [7, 11) is 0. The molecule has 0 aromatic carbocycles. The fourth-order valence-corrected chi connectivity index (χ4v) is 2.01. The molecule has 0 spiro atoms. The number of alkyl halides is 2. The van der Waals surface area contributed by atoms with E-state index in [-0.39, 0.29) is 5.92 Å². The molecule has 0 nitrogen and oxygen atoms in total. The first-order valence-corrected chi connectivity index (χ1v) is 5.73. The summed E-state index contributed by atoms with van der Waals surface area (Å²) in [5.74, 6) is -2.31. The van der Waals surface area contributed by atoms with E-state index in [1.807, 2.05) is 0 Å². The summed E-state index contributed by atoms with van der Waals surface area (Å²) in [6, 6.07) is 0. The van der Waals surface area contributed by atoms with Crippen molar-refractivity contribution in [2.75, 3.05) is 0 Å². The quantitative estimate of drug-likeness (QED) is 0.624. The second kappa shape index (κ2) is 4.16. The highest BCUT2D eigenvalue weighted by molar-refractivity contribution is 4.97. The standard InChI is InChI=1S/C12H22F2/c1-8(2)5-6-10-7-11(10)12(13,14)9(3)4/h8-11H,5-7H2,1-4H3. The molecule has 2 unspecified atom stereocenters. The maximum absolute atomic E-state index is 13.5. The van der Waals surface area contributed by atoms with Gasteiger partial charge in [0, 0.05) is 11.8 Å². The van der Waals surface area contributed by atoms with Gasteiger partial charge >= 0.3 is 0 Å². The third kappa shape index (κ3) is 2.68. The van der Waals surface area contributed by atoms with Crippen molar-refractivity contribution in [3.63, 3.8) is 0 Å². The van der Waals surface area contributed by atoms with Crippen molar-refractivity contribution in [3.8, 4) is 0 Å². The van der Waals surface area contributed by atoms with Gasteiger partial charge in [0.1, 0.15) is 0 Å². The highest BCUT2D eigenvalue weighted by atomic mass is 19.3. The van der Waals surface area contributed by atoms with Crippen molar-refractivity contribution >= 4 is 0 Å². The van der Waals surface area contributed by atoms with Crippen molar-refractivity contribution in [1.29, 1.82) is 0 Å². The predicted octanol–water partition coefficient (Wildman–Crippen LogP) is 4.35. The molecule has 2 heteroatoms. The molecular weight excluding hydrogens is 182 g/mol. The van der Waals surface area contributed by atoms with E-state index < -0.39 is 11.8 Å². The molecule has 2 atom stereocenters. The number of hydrogen-bond donors (Lipinski definition) is 0. The zero-order valence-electron chi connectivity index (χ0n) is 9.69. The monoisotopic (exact) mass is 204 g/mol. The van der Waals surface area contributed by atoms with Gasteiger partial charge in [-0.05, 0) is 24.7 Å². The van der Waals surface area contributed by atoms with Crippen molar-refractivity contribution in [1.82, 2.24) is 0 Å². The topological polar surface area (TPSA) is 0 Å². The van der Waals surface area contributed by atoms with E-state index in [0.717, 1.165) is 19.3 Å². The molecule has 1 fully saturated rings. The first-order valence-electron chi connectivity index (χ1n) is 5.73. The second-order valence-corrected chi connectivity index (χ2v) is 5.40. The summed E-state index contributed by atoms with van der Waals surface area (Å²) in [6.45, 7) is 7.55. The van der Waals surface area contributed by atoms with Crippen LogP contribution in [0.4, 0.5) is 8.78 Å². The van der Waals surface area contributed by atoms with Gasteiger partial charge in [-0.25, -0.2) is 8.78 Å². The maximum Gasteiger partial charge on any atom is 0.253 e. The van der Waals surface area contributed by atoms with Crippen molar-refractivity contribution < 1.29 is 8.78 Å². The van der Waals surface area contributed by atoms with Crippen LogP contribution in [-0.2, 0) is 0 Å². The van der Waals surface area contributed by atoms with Crippen LogP contribution in [0, 0.1) is 23.7 Å². The number of halogens is 2. The van der Waals surface area contributed by atoms with E-state index in [4.69, 9.17) is 0 Å². The fourth-order valence-electron chi connectivity index (χ4n) is 2.01. The van der Waals surface area contributed by atoms with E-state index >= 15 is 0 Å². The van der Waals surface area contributed by atoms with Crippen molar-refractivity contribution in [2.45, 2.75) is 52.9 Å². The van der Waals surface area contributed by atoms with E-state index in [9.17, 15) is 8.78 Å². The van der Waals surface area contributed by atoms with Gasteiger partial charge in [-0.15, -0.1) is 0 Å². The Morgan fingerprint density at radius 3 is 2.21 bits per heavy atom. The molecule has 0 saturated heterocycles. The maximum atomic E-state index is 13.5. The largest absolute Gasteiger partial charge is 0.253 e. The Morgan fingerprint density at radius 2 is 1.79 bits per heavy atom. The molecule has 0 heterocycles. The summed E-state index contributed by atoms with van der Waals surface area (Å²) in [6.07, 6.45) is 2.83. The average Bonchev–Trinajstić information content (AvgIpc) is 2.79. The summed E-state index contributed by atoms with van der Waals surface area (Å²) in [4.78, 5) is 0. The molecule has 0 amide bonds. The third-order valence-electron chi connectivity index (χ3n) is 3.30. The lowest BCUT2D eigenvalue weighted by Crippen LogP contribution is -2.27. The van der Waals surface area contributed by atoms with Crippen LogP contribution < -0.4 is 0 Å². The van der Waals surface area contributed by atoms with Crippen molar-refractivity contribution in [3.05, 3.63) is 0 Å². The third-order valence-corrected chi connectivity index (χ3v) is 3.30. The molecular formula is C12H22F2. The molecule has 0 aromatic rings. The fraction of sp³-hybridized carbons (Fsp3) is 1.00. The molecule has 1 aliphatic rings. The highest BCUT2D eigenvalue weighted by Crippen LogP contribution is 2.54. The smallest absolute Gasteiger partial charge is 0.206 e. The molecule has 1 aliphatic carbocycles. The van der Waals surface area contributed by atoms with Gasteiger partial charge in [0.25, 0.3) is 5.92 Å². The predicted molar refractivity (Wildman–Crippen MR) is 55.5 cm³/mol. The van der Waals surface area contributed by atoms with Gasteiger partial charge in [0.05, 0.1) is 0 Å². The van der Waals surface area contributed by atoms with Gasteiger partial charge in [0.2, 0.25) is 0 Å². The minimum atomic E-state index is -2.43. The Hall–Kier alpha value is -0.140. The average molecular weight is 204 g/mol. The molecule has 0 N–H and O–H groups in total. The number of rotatable bonds is 5. The Morgan fingerprint density at radius 1 is 1.21 bits per heavy atom.